The Kier molecular flexibility index (Phi) is 5.10. The van der Waals surface area contributed by atoms with Crippen LogP contribution in [0, 0.1) is 0 Å². The molecule has 2 nitrogen and oxygen atoms in total. The zero-order valence-corrected chi connectivity index (χ0v) is 13.4. The van der Waals surface area contributed by atoms with Gasteiger partial charge in [-0.25, -0.2) is 9.97 Å². The average Bonchev–Trinajstić information content (AvgIpc) is 2.38. The first-order valence-corrected chi connectivity index (χ1v) is 7.72. The van der Waals surface area contributed by atoms with Crippen LogP contribution < -0.4 is 0 Å². The van der Waals surface area contributed by atoms with E-state index in [0.717, 1.165) is 21.7 Å². The van der Waals surface area contributed by atoms with E-state index in [9.17, 15) is 8.78 Å². The lowest BCUT2D eigenvalue weighted by Gasteiger charge is -2.08. The van der Waals surface area contributed by atoms with Gasteiger partial charge in [-0.2, -0.15) is 8.78 Å². The molecule has 1 aromatic heterocycles. The minimum Gasteiger partial charge on any atom is -0.233 e. The molecule has 0 atom stereocenters. The zero-order chi connectivity index (χ0) is 14.7. The van der Waals surface area contributed by atoms with Gasteiger partial charge in [0.15, 0.2) is 0 Å². The van der Waals surface area contributed by atoms with E-state index in [-0.39, 0.29) is 5.92 Å². The van der Waals surface area contributed by atoms with Crippen molar-refractivity contribution in [3.63, 3.8) is 0 Å². The summed E-state index contributed by atoms with van der Waals surface area (Å²) in [5.74, 6) is -1.43. The standard InChI is InChI=1S/C14H13BrF2N2S/c1-8(2)13-18-11(7-12(15)19-13)9-3-5-10(6-4-9)20-14(16)17/h3-8,14H,1-2H3. The van der Waals surface area contributed by atoms with Gasteiger partial charge in [0.25, 0.3) is 5.76 Å². The van der Waals surface area contributed by atoms with Gasteiger partial charge in [-0.3, -0.25) is 0 Å². The van der Waals surface area contributed by atoms with Crippen molar-refractivity contribution >= 4 is 27.7 Å². The van der Waals surface area contributed by atoms with Crippen LogP contribution in [0.15, 0.2) is 39.8 Å². The quantitative estimate of drug-likeness (QED) is 0.544. The predicted molar refractivity (Wildman–Crippen MR) is 81.1 cm³/mol. The molecule has 106 valence electrons. The van der Waals surface area contributed by atoms with Crippen LogP contribution >= 0.6 is 27.7 Å². The molecule has 0 unspecified atom stereocenters. The Morgan fingerprint density at radius 1 is 1.10 bits per heavy atom. The molecule has 0 saturated heterocycles. The van der Waals surface area contributed by atoms with Crippen LogP contribution in [0.5, 0.6) is 0 Å². The highest BCUT2D eigenvalue weighted by atomic mass is 79.9. The van der Waals surface area contributed by atoms with Gasteiger partial charge in [0, 0.05) is 16.4 Å². The summed E-state index contributed by atoms with van der Waals surface area (Å²) in [5.41, 5.74) is 1.66. The summed E-state index contributed by atoms with van der Waals surface area (Å²) < 4.78 is 25.3. The molecule has 0 radical (unpaired) electrons. The third-order valence-corrected chi connectivity index (χ3v) is 3.73. The highest BCUT2D eigenvalue weighted by molar-refractivity contribution is 9.10. The predicted octanol–water partition coefficient (Wildman–Crippen LogP) is 5.34. The fourth-order valence-electron chi connectivity index (χ4n) is 1.65. The Labute approximate surface area is 129 Å². The lowest BCUT2D eigenvalue weighted by molar-refractivity contribution is 0.252. The fraction of sp³-hybridized carbons (Fsp3) is 0.286. The van der Waals surface area contributed by atoms with Gasteiger partial charge in [-0.1, -0.05) is 37.7 Å². The second kappa shape index (κ2) is 6.63. The molecular formula is C14H13BrF2N2S. The van der Waals surface area contributed by atoms with Crippen molar-refractivity contribution in [2.75, 3.05) is 0 Å². The first-order valence-electron chi connectivity index (χ1n) is 6.05. The Balaban J connectivity index is 2.31. The summed E-state index contributed by atoms with van der Waals surface area (Å²) in [4.78, 5) is 9.36. The van der Waals surface area contributed by atoms with Gasteiger partial charge in [0.05, 0.1) is 5.69 Å². The number of benzene rings is 1. The van der Waals surface area contributed by atoms with Crippen molar-refractivity contribution in [2.24, 2.45) is 0 Å². The topological polar surface area (TPSA) is 25.8 Å². The molecule has 0 amide bonds. The van der Waals surface area contributed by atoms with Crippen molar-refractivity contribution in [3.8, 4) is 11.3 Å². The SMILES string of the molecule is CC(C)c1nc(Br)cc(-c2ccc(SC(F)F)cc2)n1. The maximum absolute atomic E-state index is 12.3. The maximum atomic E-state index is 12.3. The second-order valence-electron chi connectivity index (χ2n) is 4.49. The van der Waals surface area contributed by atoms with Gasteiger partial charge < -0.3 is 0 Å². The average molecular weight is 359 g/mol. The van der Waals surface area contributed by atoms with E-state index in [1.807, 2.05) is 19.9 Å². The molecule has 20 heavy (non-hydrogen) atoms. The Hall–Kier alpha value is -1.01. The smallest absolute Gasteiger partial charge is 0.233 e. The van der Waals surface area contributed by atoms with Gasteiger partial charge in [-0.15, -0.1) is 0 Å². The van der Waals surface area contributed by atoms with Crippen molar-refractivity contribution < 1.29 is 8.78 Å². The zero-order valence-electron chi connectivity index (χ0n) is 11.0. The van der Waals surface area contributed by atoms with Gasteiger partial charge >= 0.3 is 0 Å². The number of alkyl halides is 2. The Morgan fingerprint density at radius 3 is 2.30 bits per heavy atom. The highest BCUT2D eigenvalue weighted by Gasteiger charge is 2.09. The van der Waals surface area contributed by atoms with Crippen LogP contribution in [0.25, 0.3) is 11.3 Å². The van der Waals surface area contributed by atoms with E-state index in [0.29, 0.717) is 16.7 Å². The maximum Gasteiger partial charge on any atom is 0.288 e. The monoisotopic (exact) mass is 358 g/mol. The third-order valence-electron chi connectivity index (χ3n) is 2.60. The summed E-state index contributed by atoms with van der Waals surface area (Å²) >= 11 is 3.91. The third kappa shape index (κ3) is 3.99. The molecule has 6 heteroatoms. The molecular weight excluding hydrogens is 346 g/mol. The molecule has 0 N–H and O–H groups in total. The first-order chi connectivity index (χ1) is 9.45. The van der Waals surface area contributed by atoms with Crippen LogP contribution in [-0.4, -0.2) is 15.7 Å². The van der Waals surface area contributed by atoms with E-state index < -0.39 is 5.76 Å². The van der Waals surface area contributed by atoms with Crippen molar-refractivity contribution in [1.82, 2.24) is 9.97 Å². The van der Waals surface area contributed by atoms with Crippen LogP contribution in [0.4, 0.5) is 8.78 Å². The second-order valence-corrected chi connectivity index (χ2v) is 6.37. The molecule has 2 aromatic rings. The molecule has 0 aliphatic carbocycles. The van der Waals surface area contributed by atoms with Crippen LogP contribution in [0.3, 0.4) is 0 Å². The molecule has 0 aliphatic heterocycles. The molecule has 1 heterocycles. The molecule has 0 fully saturated rings. The van der Waals surface area contributed by atoms with E-state index in [1.165, 1.54) is 0 Å². The first kappa shape index (κ1) is 15.4. The van der Waals surface area contributed by atoms with E-state index in [2.05, 4.69) is 25.9 Å². The molecule has 0 aliphatic rings. The van der Waals surface area contributed by atoms with Crippen molar-refractivity contribution in [1.29, 1.82) is 0 Å². The number of nitrogens with zero attached hydrogens (tertiary/aromatic N) is 2. The Morgan fingerprint density at radius 2 is 1.75 bits per heavy atom. The van der Waals surface area contributed by atoms with Crippen LogP contribution in [0.1, 0.15) is 25.6 Å². The number of rotatable bonds is 4. The van der Waals surface area contributed by atoms with Gasteiger partial charge in [0.1, 0.15) is 10.4 Å². The van der Waals surface area contributed by atoms with Gasteiger partial charge in [-0.05, 0) is 34.1 Å². The summed E-state index contributed by atoms with van der Waals surface area (Å²) in [6.07, 6.45) is 0. The molecule has 0 spiro atoms. The van der Waals surface area contributed by atoms with Crippen molar-refractivity contribution in [3.05, 3.63) is 40.8 Å². The summed E-state index contributed by atoms with van der Waals surface area (Å²) in [5, 5.41) is 0. The van der Waals surface area contributed by atoms with E-state index in [1.54, 1.807) is 24.3 Å². The summed E-state index contributed by atoms with van der Waals surface area (Å²) in [7, 11) is 0. The number of thioether (sulfide) groups is 1. The summed E-state index contributed by atoms with van der Waals surface area (Å²) in [6.45, 7) is 4.04. The number of halogens is 3. The van der Waals surface area contributed by atoms with Gasteiger partial charge in [0.2, 0.25) is 0 Å². The van der Waals surface area contributed by atoms with E-state index >= 15 is 0 Å². The molecule has 1 aromatic carbocycles. The summed E-state index contributed by atoms with van der Waals surface area (Å²) in [6, 6.07) is 8.77. The van der Waals surface area contributed by atoms with E-state index in [4.69, 9.17) is 0 Å². The number of aromatic nitrogens is 2. The molecule has 0 saturated carbocycles. The Bertz CT molecular complexity index is 588. The van der Waals surface area contributed by atoms with Crippen LogP contribution in [0.2, 0.25) is 0 Å². The normalized spacial score (nSPS) is 11.3. The van der Waals surface area contributed by atoms with Crippen LogP contribution in [-0.2, 0) is 0 Å². The lowest BCUT2D eigenvalue weighted by Crippen LogP contribution is -1.99. The largest absolute Gasteiger partial charge is 0.288 e. The number of hydrogen-bond acceptors (Lipinski definition) is 3. The highest BCUT2D eigenvalue weighted by Crippen LogP contribution is 2.28. The fourth-order valence-corrected chi connectivity index (χ4v) is 2.55. The number of hydrogen-bond donors (Lipinski definition) is 0. The molecule has 0 bridgehead atoms. The minimum atomic E-state index is -2.40. The molecule has 2 rings (SSSR count). The minimum absolute atomic E-state index is 0.222. The van der Waals surface area contributed by atoms with Crippen molar-refractivity contribution in [2.45, 2.75) is 30.4 Å². The lowest BCUT2D eigenvalue weighted by atomic mass is 10.1.